The fourth-order valence-corrected chi connectivity index (χ4v) is 3.53. The number of hydrogen-bond acceptors (Lipinski definition) is 2. The molecule has 2 aliphatic heterocycles. The predicted octanol–water partition coefficient (Wildman–Crippen LogP) is 4.02. The molecule has 2 nitrogen and oxygen atoms in total. The topological polar surface area (TPSA) is 18.5 Å². The smallest absolute Gasteiger partial charge is 0.123 e. The van der Waals surface area contributed by atoms with Crippen molar-refractivity contribution < 1.29 is 9.47 Å². The highest BCUT2D eigenvalue weighted by Crippen LogP contribution is 2.37. The van der Waals surface area contributed by atoms with E-state index in [1.54, 1.807) is 0 Å². The van der Waals surface area contributed by atoms with Crippen LogP contribution in [0.15, 0.2) is 18.2 Å². The van der Waals surface area contributed by atoms with Crippen molar-refractivity contribution in [3.05, 3.63) is 29.3 Å². The van der Waals surface area contributed by atoms with Gasteiger partial charge in [0.1, 0.15) is 11.9 Å². The summed E-state index contributed by atoms with van der Waals surface area (Å²) in [6, 6.07) is 6.54. The minimum absolute atomic E-state index is 0.305. The molecule has 98 valence electrons. The van der Waals surface area contributed by atoms with Gasteiger partial charge in [0, 0.05) is 13.0 Å². The molecule has 0 aliphatic carbocycles. The van der Waals surface area contributed by atoms with Gasteiger partial charge >= 0.3 is 0 Å². The van der Waals surface area contributed by atoms with Crippen molar-refractivity contribution in [2.75, 3.05) is 6.61 Å². The van der Waals surface area contributed by atoms with Crippen LogP contribution in [-0.4, -0.2) is 18.8 Å². The largest absolute Gasteiger partial charge is 0.490 e. The van der Waals surface area contributed by atoms with E-state index in [1.807, 2.05) is 0 Å². The van der Waals surface area contributed by atoms with E-state index in [4.69, 9.17) is 9.47 Å². The second kappa shape index (κ2) is 5.22. The second-order valence-electron chi connectivity index (χ2n) is 5.31. The zero-order valence-electron chi connectivity index (χ0n) is 10.7. The number of halogens is 1. The zero-order valence-corrected chi connectivity index (χ0v) is 12.3. The van der Waals surface area contributed by atoms with Crippen molar-refractivity contribution in [1.82, 2.24) is 0 Å². The van der Waals surface area contributed by atoms with Crippen molar-refractivity contribution in [2.45, 2.75) is 49.6 Å². The summed E-state index contributed by atoms with van der Waals surface area (Å²) >= 11 is 3.81. The Labute approximate surface area is 117 Å². The molecule has 3 heteroatoms. The molecule has 0 amide bonds. The van der Waals surface area contributed by atoms with Crippen LogP contribution in [0.3, 0.4) is 0 Å². The Hall–Kier alpha value is -0.540. The van der Waals surface area contributed by atoms with E-state index in [1.165, 1.54) is 24.0 Å². The fourth-order valence-electron chi connectivity index (χ4n) is 2.82. The predicted molar refractivity (Wildman–Crippen MR) is 75.5 cm³/mol. The maximum atomic E-state index is 5.86. The van der Waals surface area contributed by atoms with Crippen LogP contribution in [0.1, 0.15) is 42.1 Å². The average Bonchev–Trinajstić information content (AvgIpc) is 2.78. The molecule has 3 rings (SSSR count). The first-order chi connectivity index (χ1) is 8.74. The molecule has 0 spiro atoms. The number of fused-ring (bicyclic) bond motifs is 1. The Morgan fingerprint density at radius 1 is 1.33 bits per heavy atom. The van der Waals surface area contributed by atoms with E-state index >= 15 is 0 Å². The molecular formula is C15H19BrO2. The monoisotopic (exact) mass is 310 g/mol. The highest BCUT2D eigenvalue weighted by atomic mass is 79.9. The molecule has 0 aromatic heterocycles. The molecule has 2 heterocycles. The number of alkyl halides is 1. The summed E-state index contributed by atoms with van der Waals surface area (Å²) in [5.74, 6) is 1.05. The number of benzene rings is 1. The van der Waals surface area contributed by atoms with Gasteiger partial charge in [-0.25, -0.2) is 0 Å². The van der Waals surface area contributed by atoms with Crippen molar-refractivity contribution in [3.63, 3.8) is 0 Å². The molecule has 1 aromatic rings. The Balaban J connectivity index is 1.78. The van der Waals surface area contributed by atoms with Gasteiger partial charge in [-0.3, -0.25) is 0 Å². The zero-order chi connectivity index (χ0) is 12.5. The lowest BCUT2D eigenvalue weighted by Crippen LogP contribution is -2.23. The summed E-state index contributed by atoms with van der Waals surface area (Å²) in [7, 11) is 0. The van der Waals surface area contributed by atoms with Crippen LogP contribution in [-0.2, 0) is 11.2 Å². The molecule has 1 saturated heterocycles. The SMILES string of the molecule is CC1Cc2cc(C(Br)C3CCCCO3)ccc2O1. The van der Waals surface area contributed by atoms with Gasteiger partial charge in [0.05, 0.1) is 10.9 Å². The van der Waals surface area contributed by atoms with Crippen LogP contribution < -0.4 is 4.74 Å². The van der Waals surface area contributed by atoms with Gasteiger partial charge in [-0.1, -0.05) is 28.1 Å². The van der Waals surface area contributed by atoms with E-state index in [0.717, 1.165) is 25.2 Å². The molecule has 3 unspecified atom stereocenters. The first kappa shape index (κ1) is 12.5. The van der Waals surface area contributed by atoms with Gasteiger partial charge in [0.15, 0.2) is 0 Å². The van der Waals surface area contributed by atoms with Crippen LogP contribution in [0.4, 0.5) is 0 Å². The number of hydrogen-bond donors (Lipinski definition) is 0. The minimum atomic E-state index is 0.305. The number of rotatable bonds is 2. The lowest BCUT2D eigenvalue weighted by atomic mass is 9.98. The molecule has 0 saturated carbocycles. The highest BCUT2D eigenvalue weighted by Gasteiger charge is 2.26. The Kier molecular flexibility index (Phi) is 3.62. The summed E-state index contributed by atoms with van der Waals surface area (Å²) in [6.45, 7) is 3.02. The van der Waals surface area contributed by atoms with Crippen LogP contribution in [0, 0.1) is 0 Å². The van der Waals surface area contributed by atoms with Gasteiger partial charge < -0.3 is 9.47 Å². The molecule has 18 heavy (non-hydrogen) atoms. The first-order valence-electron chi connectivity index (χ1n) is 6.79. The summed E-state index contributed by atoms with van der Waals surface area (Å²) in [6.07, 6.45) is 5.28. The van der Waals surface area contributed by atoms with E-state index in [0.29, 0.717) is 17.0 Å². The van der Waals surface area contributed by atoms with Crippen LogP contribution >= 0.6 is 15.9 Å². The van der Waals surface area contributed by atoms with Crippen molar-refractivity contribution in [1.29, 1.82) is 0 Å². The van der Waals surface area contributed by atoms with Crippen molar-refractivity contribution in [3.8, 4) is 5.75 Å². The van der Waals surface area contributed by atoms with E-state index in [9.17, 15) is 0 Å². The third kappa shape index (κ3) is 2.43. The summed E-state index contributed by atoms with van der Waals surface area (Å²) in [5, 5.41) is 0. The molecular weight excluding hydrogens is 292 g/mol. The second-order valence-corrected chi connectivity index (χ2v) is 6.29. The normalized spacial score (nSPS) is 28.6. The standard InChI is InChI=1S/C15H19BrO2/c1-10-8-12-9-11(5-6-13(12)18-10)15(16)14-4-2-3-7-17-14/h5-6,9-10,14-15H,2-4,7-8H2,1H3. The fraction of sp³-hybridized carbons (Fsp3) is 0.600. The van der Waals surface area contributed by atoms with Gasteiger partial charge in [-0.15, -0.1) is 0 Å². The molecule has 2 aliphatic rings. The van der Waals surface area contributed by atoms with E-state index < -0.39 is 0 Å². The quantitative estimate of drug-likeness (QED) is 0.768. The van der Waals surface area contributed by atoms with E-state index in [-0.39, 0.29) is 0 Å². The maximum Gasteiger partial charge on any atom is 0.123 e. The van der Waals surface area contributed by atoms with Gasteiger partial charge in [0.2, 0.25) is 0 Å². The van der Waals surface area contributed by atoms with Gasteiger partial charge in [-0.05, 0) is 43.4 Å². The van der Waals surface area contributed by atoms with Crippen LogP contribution in [0.25, 0.3) is 0 Å². The Morgan fingerprint density at radius 3 is 3.00 bits per heavy atom. The van der Waals surface area contributed by atoms with E-state index in [2.05, 4.69) is 41.1 Å². The molecule has 3 atom stereocenters. The third-order valence-corrected chi connectivity index (χ3v) is 4.90. The molecule has 1 fully saturated rings. The lowest BCUT2D eigenvalue weighted by molar-refractivity contribution is 0.0160. The van der Waals surface area contributed by atoms with Crippen molar-refractivity contribution >= 4 is 15.9 Å². The summed E-state index contributed by atoms with van der Waals surface area (Å²) < 4.78 is 11.6. The lowest BCUT2D eigenvalue weighted by Gasteiger charge is -2.27. The first-order valence-corrected chi connectivity index (χ1v) is 7.71. The Morgan fingerprint density at radius 2 is 2.22 bits per heavy atom. The molecule has 0 N–H and O–H groups in total. The number of ether oxygens (including phenoxy) is 2. The van der Waals surface area contributed by atoms with Gasteiger partial charge in [0.25, 0.3) is 0 Å². The van der Waals surface area contributed by atoms with Gasteiger partial charge in [-0.2, -0.15) is 0 Å². The van der Waals surface area contributed by atoms with Crippen molar-refractivity contribution in [2.24, 2.45) is 0 Å². The third-order valence-electron chi connectivity index (χ3n) is 3.78. The van der Waals surface area contributed by atoms with Crippen LogP contribution in [0.2, 0.25) is 0 Å². The average molecular weight is 311 g/mol. The molecule has 1 aromatic carbocycles. The summed E-state index contributed by atoms with van der Waals surface area (Å²) in [4.78, 5) is 0.305. The summed E-state index contributed by atoms with van der Waals surface area (Å²) in [5.41, 5.74) is 2.65. The minimum Gasteiger partial charge on any atom is -0.490 e. The maximum absolute atomic E-state index is 5.86. The highest BCUT2D eigenvalue weighted by molar-refractivity contribution is 9.09. The van der Waals surface area contributed by atoms with Crippen LogP contribution in [0.5, 0.6) is 5.75 Å². The molecule has 0 bridgehead atoms. The Bertz CT molecular complexity index is 427. The molecule has 0 radical (unpaired) electrons.